The quantitative estimate of drug-likeness (QED) is 0.547. The highest BCUT2D eigenvalue weighted by atomic mass is 28.3. The van der Waals surface area contributed by atoms with E-state index < -0.39 is 8.07 Å². The maximum absolute atomic E-state index is 2.54. The van der Waals surface area contributed by atoms with Crippen LogP contribution in [0.25, 0.3) is 0 Å². The molecule has 0 saturated carbocycles. The van der Waals surface area contributed by atoms with E-state index in [1.165, 1.54) is 25.3 Å². The second-order valence-corrected chi connectivity index (χ2v) is 9.86. The maximum atomic E-state index is 2.54. The average molecular weight is 171 g/mol. The van der Waals surface area contributed by atoms with E-state index in [1.54, 1.807) is 0 Å². The minimum Gasteiger partial charge on any atom is -0.309 e. The lowest BCUT2D eigenvalue weighted by atomic mass is 10.2. The minimum absolute atomic E-state index is 0.857. The van der Waals surface area contributed by atoms with Crippen molar-refractivity contribution >= 4 is 8.07 Å². The first kappa shape index (κ1) is 9.27. The van der Waals surface area contributed by atoms with Crippen LogP contribution in [0.3, 0.4) is 0 Å². The lowest BCUT2D eigenvalue weighted by molar-refractivity contribution is 0.329. The molecule has 0 aromatic rings. The summed E-state index contributed by atoms with van der Waals surface area (Å²) in [7, 11) is 3.62. The van der Waals surface area contributed by atoms with Gasteiger partial charge in [-0.05, 0) is 20.5 Å². The summed E-state index contributed by atoms with van der Waals surface area (Å²) < 4.78 is 0. The van der Waals surface area contributed by atoms with Gasteiger partial charge in [0, 0.05) is 5.67 Å². The van der Waals surface area contributed by atoms with Gasteiger partial charge in [0.25, 0.3) is 0 Å². The van der Waals surface area contributed by atoms with Crippen molar-refractivity contribution in [1.29, 1.82) is 0 Å². The molecule has 1 atom stereocenters. The Balaban J connectivity index is 2.60. The van der Waals surface area contributed by atoms with Gasteiger partial charge in [-0.3, -0.25) is 0 Å². The van der Waals surface area contributed by atoms with Crippen molar-refractivity contribution in [2.75, 3.05) is 14.1 Å². The first-order valence-corrected chi connectivity index (χ1v) is 7.99. The molecule has 0 N–H and O–H groups in total. The molecule has 1 nitrogen and oxygen atoms in total. The van der Waals surface area contributed by atoms with Gasteiger partial charge < -0.3 is 4.90 Å². The fraction of sp³-hybridized carbons (Fsp3) is 1.00. The van der Waals surface area contributed by atoms with Crippen LogP contribution in [0.15, 0.2) is 0 Å². The first-order valence-electron chi connectivity index (χ1n) is 4.70. The second kappa shape index (κ2) is 3.28. The van der Waals surface area contributed by atoms with Gasteiger partial charge in [-0.1, -0.05) is 32.0 Å². The largest absolute Gasteiger partial charge is 0.309 e. The van der Waals surface area contributed by atoms with Crippen LogP contribution in [-0.2, 0) is 0 Å². The van der Waals surface area contributed by atoms with Crippen LogP contribution in [0, 0.1) is 0 Å². The molecule has 2 heteroatoms. The molecule has 0 aromatic carbocycles. The third kappa shape index (κ3) is 2.06. The molecule has 0 aliphatic carbocycles. The number of hydrogen-bond acceptors (Lipinski definition) is 1. The molecule has 66 valence electrons. The highest BCUT2D eigenvalue weighted by Gasteiger charge is 2.35. The van der Waals surface area contributed by atoms with Gasteiger partial charge in [0.2, 0.25) is 0 Å². The molecule has 1 heterocycles. The van der Waals surface area contributed by atoms with Crippen LogP contribution in [0.1, 0.15) is 19.3 Å². The van der Waals surface area contributed by atoms with Crippen molar-refractivity contribution in [2.24, 2.45) is 0 Å². The highest BCUT2D eigenvalue weighted by molar-refractivity contribution is 6.79. The molecular formula is C9H21NSi. The lowest BCUT2D eigenvalue weighted by Crippen LogP contribution is -2.51. The standard InChI is InChI=1S/C9H21NSi/c1-10(2)9-7-5-6-8-11(9,3)4/h9H,5-8H2,1-4H3. The van der Waals surface area contributed by atoms with E-state index in [2.05, 4.69) is 32.1 Å². The Morgan fingerprint density at radius 3 is 2.18 bits per heavy atom. The van der Waals surface area contributed by atoms with Gasteiger partial charge in [-0.15, -0.1) is 0 Å². The molecule has 0 spiro atoms. The van der Waals surface area contributed by atoms with Crippen LogP contribution in [0.4, 0.5) is 0 Å². The van der Waals surface area contributed by atoms with Crippen LogP contribution in [0.5, 0.6) is 0 Å². The SMILES string of the molecule is CN(C)C1CCCC[Si]1(C)C. The van der Waals surface area contributed by atoms with E-state index in [0.717, 1.165) is 5.67 Å². The molecule has 0 bridgehead atoms. The molecule has 1 aliphatic rings. The topological polar surface area (TPSA) is 3.24 Å². The van der Waals surface area contributed by atoms with Gasteiger partial charge >= 0.3 is 0 Å². The Morgan fingerprint density at radius 2 is 1.82 bits per heavy atom. The summed E-state index contributed by atoms with van der Waals surface area (Å²) >= 11 is 0. The zero-order valence-electron chi connectivity index (χ0n) is 8.35. The van der Waals surface area contributed by atoms with Gasteiger partial charge in [-0.25, -0.2) is 0 Å². The Kier molecular flexibility index (Phi) is 2.76. The Labute approximate surface area is 71.8 Å². The second-order valence-electron chi connectivity index (χ2n) is 4.71. The zero-order chi connectivity index (χ0) is 8.48. The Morgan fingerprint density at radius 1 is 1.18 bits per heavy atom. The van der Waals surface area contributed by atoms with E-state index in [0.29, 0.717) is 0 Å². The van der Waals surface area contributed by atoms with E-state index in [9.17, 15) is 0 Å². The molecule has 0 aromatic heterocycles. The van der Waals surface area contributed by atoms with Gasteiger partial charge in [0.1, 0.15) is 0 Å². The summed E-state index contributed by atoms with van der Waals surface area (Å²) in [5, 5.41) is 0. The highest BCUT2D eigenvalue weighted by Crippen LogP contribution is 2.29. The molecule has 0 radical (unpaired) electrons. The molecule has 1 rings (SSSR count). The summed E-state index contributed by atoms with van der Waals surface area (Å²) in [6.07, 6.45) is 4.40. The van der Waals surface area contributed by atoms with E-state index in [-0.39, 0.29) is 0 Å². The van der Waals surface area contributed by atoms with Gasteiger partial charge in [0.15, 0.2) is 0 Å². The molecule has 11 heavy (non-hydrogen) atoms. The number of rotatable bonds is 1. The van der Waals surface area contributed by atoms with Crippen molar-refractivity contribution in [2.45, 2.75) is 44.1 Å². The van der Waals surface area contributed by atoms with E-state index in [4.69, 9.17) is 0 Å². The Bertz CT molecular complexity index is 132. The van der Waals surface area contributed by atoms with Crippen molar-refractivity contribution in [3.8, 4) is 0 Å². The zero-order valence-corrected chi connectivity index (χ0v) is 9.35. The number of nitrogens with zero attached hydrogens (tertiary/aromatic N) is 1. The summed E-state index contributed by atoms with van der Waals surface area (Å²) in [5.74, 6) is 0. The summed E-state index contributed by atoms with van der Waals surface area (Å²) in [5.41, 5.74) is 0.941. The predicted molar refractivity (Wildman–Crippen MR) is 53.6 cm³/mol. The molecule has 1 unspecified atom stereocenters. The minimum atomic E-state index is -0.857. The lowest BCUT2D eigenvalue weighted by Gasteiger charge is -2.41. The predicted octanol–water partition coefficient (Wildman–Crippen LogP) is 2.35. The van der Waals surface area contributed by atoms with Crippen LogP contribution in [-0.4, -0.2) is 32.7 Å². The normalized spacial score (nSPS) is 30.8. The van der Waals surface area contributed by atoms with Crippen molar-refractivity contribution < 1.29 is 0 Å². The third-order valence-electron chi connectivity index (χ3n) is 3.07. The third-order valence-corrected chi connectivity index (χ3v) is 7.33. The van der Waals surface area contributed by atoms with Crippen LogP contribution >= 0.6 is 0 Å². The Hall–Kier alpha value is 0.177. The first-order chi connectivity index (χ1) is 5.04. The van der Waals surface area contributed by atoms with Gasteiger partial charge in [0.05, 0.1) is 8.07 Å². The van der Waals surface area contributed by atoms with E-state index in [1.807, 2.05) is 0 Å². The van der Waals surface area contributed by atoms with Crippen LogP contribution in [0.2, 0.25) is 19.1 Å². The summed E-state index contributed by atoms with van der Waals surface area (Å²) in [6.45, 7) is 5.08. The summed E-state index contributed by atoms with van der Waals surface area (Å²) in [4.78, 5) is 2.45. The monoisotopic (exact) mass is 171 g/mol. The molecule has 1 saturated heterocycles. The fourth-order valence-electron chi connectivity index (χ4n) is 2.43. The maximum Gasteiger partial charge on any atom is 0.0668 e. The smallest absolute Gasteiger partial charge is 0.0668 e. The molecule has 1 aliphatic heterocycles. The molecule has 1 fully saturated rings. The molecule has 0 amide bonds. The van der Waals surface area contributed by atoms with Crippen molar-refractivity contribution in [3.05, 3.63) is 0 Å². The van der Waals surface area contributed by atoms with Crippen molar-refractivity contribution in [1.82, 2.24) is 4.90 Å². The average Bonchev–Trinajstić information content (AvgIpc) is 1.85. The molecular weight excluding hydrogens is 150 g/mol. The van der Waals surface area contributed by atoms with E-state index >= 15 is 0 Å². The van der Waals surface area contributed by atoms with Crippen LogP contribution < -0.4 is 0 Å². The fourth-order valence-corrected chi connectivity index (χ4v) is 6.31. The number of hydrogen-bond donors (Lipinski definition) is 0. The van der Waals surface area contributed by atoms with Gasteiger partial charge in [-0.2, -0.15) is 0 Å². The van der Waals surface area contributed by atoms with Crippen molar-refractivity contribution in [3.63, 3.8) is 0 Å². The summed E-state index contributed by atoms with van der Waals surface area (Å²) in [6, 6.07) is 1.54.